The van der Waals surface area contributed by atoms with Crippen LogP contribution in [-0.4, -0.2) is 55.0 Å². The third-order valence-corrected chi connectivity index (χ3v) is 8.49. The normalized spacial score (nSPS) is 24.0. The number of nitrogens with zero attached hydrogens (tertiary/aromatic N) is 2. The van der Waals surface area contributed by atoms with Gasteiger partial charge in [-0.2, -0.15) is 4.31 Å². The van der Waals surface area contributed by atoms with Gasteiger partial charge < -0.3 is 5.32 Å². The average molecular weight is 460 g/mol. The Morgan fingerprint density at radius 2 is 1.66 bits per heavy atom. The predicted molar refractivity (Wildman–Crippen MR) is 119 cm³/mol. The number of fused-ring (bicyclic) bond motifs is 1. The van der Waals surface area contributed by atoms with Crippen molar-refractivity contribution in [3.05, 3.63) is 35.9 Å². The highest BCUT2D eigenvalue weighted by Gasteiger charge is 2.46. The SMILES string of the molecule is Cc1ccc(S(=O)(=O)N2CCCCC2)cc1NC(=O)CCN1C(=O)C2CC=CCC2C1=O. The summed E-state index contributed by atoms with van der Waals surface area (Å²) in [5.74, 6) is -1.40. The summed E-state index contributed by atoms with van der Waals surface area (Å²) < 4.78 is 27.4. The van der Waals surface area contributed by atoms with Gasteiger partial charge in [0.05, 0.1) is 16.7 Å². The Labute approximate surface area is 188 Å². The monoisotopic (exact) mass is 459 g/mol. The molecule has 0 radical (unpaired) electrons. The minimum atomic E-state index is -3.61. The van der Waals surface area contributed by atoms with Gasteiger partial charge in [-0.25, -0.2) is 8.42 Å². The summed E-state index contributed by atoms with van der Waals surface area (Å²) in [6, 6.07) is 4.73. The molecule has 2 aliphatic heterocycles. The lowest BCUT2D eigenvalue weighted by molar-refractivity contribution is -0.140. The highest BCUT2D eigenvalue weighted by atomic mass is 32.2. The highest BCUT2D eigenvalue weighted by Crippen LogP contribution is 2.35. The second-order valence-electron chi connectivity index (χ2n) is 8.72. The molecule has 0 bridgehead atoms. The van der Waals surface area contributed by atoms with Crippen LogP contribution in [0.25, 0.3) is 0 Å². The van der Waals surface area contributed by atoms with E-state index in [2.05, 4.69) is 5.32 Å². The van der Waals surface area contributed by atoms with E-state index in [0.29, 0.717) is 31.6 Å². The van der Waals surface area contributed by atoms with E-state index in [0.717, 1.165) is 24.8 Å². The molecule has 2 saturated heterocycles. The zero-order chi connectivity index (χ0) is 22.9. The van der Waals surface area contributed by atoms with E-state index in [-0.39, 0.29) is 47.4 Å². The minimum absolute atomic E-state index is 0.0291. The Balaban J connectivity index is 1.41. The number of anilines is 1. The van der Waals surface area contributed by atoms with Crippen LogP contribution in [0.15, 0.2) is 35.2 Å². The van der Waals surface area contributed by atoms with Crippen molar-refractivity contribution in [2.75, 3.05) is 25.0 Å². The summed E-state index contributed by atoms with van der Waals surface area (Å²) in [6.07, 6.45) is 7.67. The van der Waals surface area contributed by atoms with Gasteiger partial charge in [-0.3, -0.25) is 19.3 Å². The lowest BCUT2D eigenvalue weighted by atomic mass is 9.85. The van der Waals surface area contributed by atoms with Crippen LogP contribution in [0.1, 0.15) is 44.1 Å². The number of likely N-dealkylation sites (tertiary alicyclic amines) is 1. The van der Waals surface area contributed by atoms with Crippen molar-refractivity contribution in [3.8, 4) is 0 Å². The fraction of sp³-hybridized carbons (Fsp3) is 0.522. The molecule has 2 atom stereocenters. The van der Waals surface area contributed by atoms with Gasteiger partial charge in [-0.05, 0) is 50.3 Å². The van der Waals surface area contributed by atoms with Gasteiger partial charge in [0.1, 0.15) is 0 Å². The van der Waals surface area contributed by atoms with Gasteiger partial charge in [0, 0.05) is 31.7 Å². The van der Waals surface area contributed by atoms with E-state index in [4.69, 9.17) is 0 Å². The second-order valence-corrected chi connectivity index (χ2v) is 10.7. The molecule has 8 nitrogen and oxygen atoms in total. The molecular weight excluding hydrogens is 430 g/mol. The second kappa shape index (κ2) is 9.15. The van der Waals surface area contributed by atoms with Crippen molar-refractivity contribution >= 4 is 33.4 Å². The molecule has 172 valence electrons. The fourth-order valence-electron chi connectivity index (χ4n) is 4.67. The van der Waals surface area contributed by atoms with E-state index in [1.54, 1.807) is 19.1 Å². The molecule has 32 heavy (non-hydrogen) atoms. The number of carbonyl (C=O) groups is 3. The zero-order valence-corrected chi connectivity index (χ0v) is 19.1. The van der Waals surface area contributed by atoms with Crippen LogP contribution in [0.5, 0.6) is 0 Å². The van der Waals surface area contributed by atoms with Crippen molar-refractivity contribution in [1.29, 1.82) is 0 Å². The summed E-state index contributed by atoms with van der Waals surface area (Å²) in [5, 5.41) is 2.76. The van der Waals surface area contributed by atoms with Crippen LogP contribution in [0, 0.1) is 18.8 Å². The van der Waals surface area contributed by atoms with Crippen LogP contribution < -0.4 is 5.32 Å². The Morgan fingerprint density at radius 1 is 1.03 bits per heavy atom. The van der Waals surface area contributed by atoms with Crippen LogP contribution in [0.2, 0.25) is 0 Å². The third-order valence-electron chi connectivity index (χ3n) is 6.60. The number of aryl methyl sites for hydroxylation is 1. The first-order valence-electron chi connectivity index (χ1n) is 11.2. The van der Waals surface area contributed by atoms with Crippen molar-refractivity contribution in [2.24, 2.45) is 11.8 Å². The Kier molecular flexibility index (Phi) is 6.48. The molecule has 9 heteroatoms. The van der Waals surface area contributed by atoms with Gasteiger partial charge in [-0.1, -0.05) is 24.6 Å². The van der Waals surface area contributed by atoms with Crippen molar-refractivity contribution in [3.63, 3.8) is 0 Å². The van der Waals surface area contributed by atoms with Crippen molar-refractivity contribution in [1.82, 2.24) is 9.21 Å². The van der Waals surface area contributed by atoms with Gasteiger partial charge in [-0.15, -0.1) is 0 Å². The maximum atomic E-state index is 13.0. The molecular formula is C23H29N3O5S. The topological polar surface area (TPSA) is 104 Å². The molecule has 1 N–H and O–H groups in total. The summed E-state index contributed by atoms with van der Waals surface area (Å²) in [4.78, 5) is 39.0. The van der Waals surface area contributed by atoms with E-state index >= 15 is 0 Å². The van der Waals surface area contributed by atoms with Crippen molar-refractivity contribution in [2.45, 2.75) is 50.3 Å². The quantitative estimate of drug-likeness (QED) is 0.520. The number of nitrogens with one attached hydrogen (secondary N) is 1. The minimum Gasteiger partial charge on any atom is -0.326 e. The molecule has 0 aromatic heterocycles. The number of amides is 3. The molecule has 3 amide bonds. The molecule has 2 fully saturated rings. The summed E-state index contributed by atoms with van der Waals surface area (Å²) >= 11 is 0. The van der Waals surface area contributed by atoms with E-state index in [9.17, 15) is 22.8 Å². The largest absolute Gasteiger partial charge is 0.326 e. The van der Waals surface area contributed by atoms with Crippen LogP contribution in [-0.2, 0) is 24.4 Å². The van der Waals surface area contributed by atoms with Crippen LogP contribution in [0.3, 0.4) is 0 Å². The molecule has 0 saturated carbocycles. The van der Waals surface area contributed by atoms with Crippen molar-refractivity contribution < 1.29 is 22.8 Å². The summed E-state index contributed by atoms with van der Waals surface area (Å²) in [7, 11) is -3.61. The Hall–Kier alpha value is -2.52. The first-order chi connectivity index (χ1) is 15.3. The predicted octanol–water partition coefficient (Wildman–Crippen LogP) is 2.45. The molecule has 1 aromatic rings. The Bertz CT molecular complexity index is 1030. The average Bonchev–Trinajstić information content (AvgIpc) is 3.04. The fourth-order valence-corrected chi connectivity index (χ4v) is 6.21. The number of sulfonamides is 1. The first-order valence-corrected chi connectivity index (χ1v) is 12.6. The first kappa shape index (κ1) is 22.7. The maximum absolute atomic E-state index is 13.0. The van der Waals surface area contributed by atoms with Crippen LogP contribution >= 0.6 is 0 Å². The molecule has 4 rings (SSSR count). The van der Waals surface area contributed by atoms with E-state index < -0.39 is 10.0 Å². The number of hydrogen-bond acceptors (Lipinski definition) is 5. The number of carbonyl (C=O) groups excluding carboxylic acids is 3. The van der Waals surface area contributed by atoms with E-state index in [1.165, 1.54) is 15.3 Å². The smallest absolute Gasteiger partial charge is 0.243 e. The molecule has 1 aliphatic carbocycles. The number of benzene rings is 1. The number of piperidine rings is 1. The molecule has 2 unspecified atom stereocenters. The molecule has 0 spiro atoms. The van der Waals surface area contributed by atoms with Gasteiger partial charge in [0.15, 0.2) is 0 Å². The molecule has 1 aromatic carbocycles. The Morgan fingerprint density at radius 3 is 2.28 bits per heavy atom. The lowest BCUT2D eigenvalue weighted by Gasteiger charge is -2.26. The molecule has 3 aliphatic rings. The number of hydrogen-bond donors (Lipinski definition) is 1. The van der Waals surface area contributed by atoms with Gasteiger partial charge >= 0.3 is 0 Å². The number of rotatable bonds is 6. The van der Waals surface area contributed by atoms with Gasteiger partial charge in [0.25, 0.3) is 0 Å². The summed E-state index contributed by atoms with van der Waals surface area (Å²) in [6.45, 7) is 2.83. The maximum Gasteiger partial charge on any atom is 0.243 e. The standard InChI is InChI=1S/C23H29N3O5S/c1-16-9-10-17(32(30,31)25-12-5-2-6-13-25)15-20(16)24-21(27)11-14-26-22(28)18-7-3-4-8-19(18)23(26)29/h3-4,9-10,15,18-19H,2,5-8,11-14H2,1H3,(H,24,27). The van der Waals surface area contributed by atoms with Gasteiger partial charge in [0.2, 0.25) is 27.7 Å². The summed E-state index contributed by atoms with van der Waals surface area (Å²) in [5.41, 5.74) is 1.16. The van der Waals surface area contributed by atoms with Crippen LogP contribution in [0.4, 0.5) is 5.69 Å². The lowest BCUT2D eigenvalue weighted by Crippen LogP contribution is -2.35. The number of imide groups is 1. The third kappa shape index (κ3) is 4.36. The molecule has 2 heterocycles. The number of allylic oxidation sites excluding steroid dienone is 2. The highest BCUT2D eigenvalue weighted by molar-refractivity contribution is 7.89. The van der Waals surface area contributed by atoms with E-state index in [1.807, 2.05) is 12.2 Å². The zero-order valence-electron chi connectivity index (χ0n) is 18.2.